The van der Waals surface area contributed by atoms with Crippen LogP contribution in [-0.4, -0.2) is 34.7 Å². The van der Waals surface area contributed by atoms with Gasteiger partial charge in [0.2, 0.25) is 11.8 Å². The number of carbonyl (C=O) groups is 3. The number of amides is 3. The molecule has 0 bridgehead atoms. The zero-order valence-corrected chi connectivity index (χ0v) is 16.9. The third-order valence-corrected chi connectivity index (χ3v) is 6.43. The van der Waals surface area contributed by atoms with Gasteiger partial charge in [-0.2, -0.15) is 0 Å². The van der Waals surface area contributed by atoms with Gasteiger partial charge in [-0.1, -0.05) is 45.2 Å². The van der Waals surface area contributed by atoms with E-state index in [0.717, 1.165) is 38.5 Å². The predicted octanol–water partition coefficient (Wildman–Crippen LogP) is 4.01. The lowest BCUT2D eigenvalue weighted by Gasteiger charge is -2.37. The normalized spacial score (nSPS) is 23.5. The Balaban J connectivity index is 1.59. The van der Waals surface area contributed by atoms with E-state index in [1.807, 2.05) is 29.2 Å². The maximum atomic E-state index is 13.3. The van der Waals surface area contributed by atoms with Crippen LogP contribution in [0.1, 0.15) is 76.7 Å². The van der Waals surface area contributed by atoms with Crippen LogP contribution >= 0.6 is 0 Å². The summed E-state index contributed by atoms with van der Waals surface area (Å²) in [5.74, 6) is 0.113. The molecular formula is C23H30N2O3. The molecule has 3 amide bonds. The molecule has 150 valence electrons. The van der Waals surface area contributed by atoms with Crippen LogP contribution in [0.2, 0.25) is 0 Å². The van der Waals surface area contributed by atoms with Crippen LogP contribution < -0.4 is 4.90 Å². The summed E-state index contributed by atoms with van der Waals surface area (Å²) < 4.78 is 0. The maximum absolute atomic E-state index is 13.3. The molecule has 3 fully saturated rings. The number of imide groups is 1. The van der Waals surface area contributed by atoms with E-state index in [9.17, 15) is 14.4 Å². The van der Waals surface area contributed by atoms with Gasteiger partial charge in [-0.25, -0.2) is 4.90 Å². The van der Waals surface area contributed by atoms with Gasteiger partial charge in [0.05, 0.1) is 12.1 Å². The third kappa shape index (κ3) is 3.59. The Morgan fingerprint density at radius 2 is 1.64 bits per heavy atom. The largest absolute Gasteiger partial charge is 0.327 e. The minimum Gasteiger partial charge on any atom is -0.327 e. The van der Waals surface area contributed by atoms with E-state index in [4.69, 9.17) is 0 Å². The molecular weight excluding hydrogens is 352 g/mol. The summed E-state index contributed by atoms with van der Waals surface area (Å²) in [6, 6.07) is 7.12. The standard InChI is InChI=1S/C23H30N2O3/c1-15(2)16-10-12-19(13-11-16)25-21(26)14-20(23(25)28)24(22(27)17-8-9-17)18-6-4-3-5-7-18/h10-13,15,17-18,20H,3-9,14H2,1-2H3. The number of hydrogen-bond donors (Lipinski definition) is 0. The van der Waals surface area contributed by atoms with Crippen molar-refractivity contribution in [2.75, 3.05) is 4.90 Å². The van der Waals surface area contributed by atoms with E-state index in [0.29, 0.717) is 11.6 Å². The fraction of sp³-hybridized carbons (Fsp3) is 0.609. The number of rotatable bonds is 5. The van der Waals surface area contributed by atoms with Crippen molar-refractivity contribution in [2.24, 2.45) is 5.92 Å². The van der Waals surface area contributed by atoms with Crippen LogP contribution in [0.3, 0.4) is 0 Å². The van der Waals surface area contributed by atoms with Gasteiger partial charge in [0.15, 0.2) is 0 Å². The van der Waals surface area contributed by atoms with Crippen LogP contribution in [0.25, 0.3) is 0 Å². The van der Waals surface area contributed by atoms with Gasteiger partial charge in [0.25, 0.3) is 5.91 Å². The van der Waals surface area contributed by atoms with Crippen LogP contribution in [0, 0.1) is 5.92 Å². The molecule has 1 atom stereocenters. The van der Waals surface area contributed by atoms with Crippen LogP contribution in [0.4, 0.5) is 5.69 Å². The fourth-order valence-corrected chi connectivity index (χ4v) is 4.60. The first-order valence-electron chi connectivity index (χ1n) is 10.8. The highest BCUT2D eigenvalue weighted by Gasteiger charge is 2.49. The molecule has 0 aromatic heterocycles. The van der Waals surface area contributed by atoms with E-state index in [1.54, 1.807) is 0 Å². The molecule has 0 radical (unpaired) electrons. The number of carbonyl (C=O) groups excluding carboxylic acids is 3. The highest BCUT2D eigenvalue weighted by atomic mass is 16.2. The van der Waals surface area contributed by atoms with Crippen molar-refractivity contribution in [3.05, 3.63) is 29.8 Å². The molecule has 28 heavy (non-hydrogen) atoms. The molecule has 3 aliphatic rings. The molecule has 5 nitrogen and oxygen atoms in total. The van der Waals surface area contributed by atoms with Gasteiger partial charge in [0.1, 0.15) is 6.04 Å². The van der Waals surface area contributed by atoms with Crippen molar-refractivity contribution in [3.63, 3.8) is 0 Å². The quantitative estimate of drug-likeness (QED) is 0.723. The highest BCUT2D eigenvalue weighted by Crippen LogP contribution is 2.37. The lowest BCUT2D eigenvalue weighted by Crippen LogP contribution is -2.52. The Labute approximate surface area is 167 Å². The van der Waals surface area contributed by atoms with Gasteiger partial charge >= 0.3 is 0 Å². The number of hydrogen-bond acceptors (Lipinski definition) is 3. The Morgan fingerprint density at radius 1 is 1.00 bits per heavy atom. The molecule has 1 aromatic carbocycles. The van der Waals surface area contributed by atoms with Crippen LogP contribution in [0.5, 0.6) is 0 Å². The van der Waals surface area contributed by atoms with E-state index in [1.165, 1.54) is 16.9 Å². The smallest absolute Gasteiger partial charge is 0.257 e. The molecule has 1 aromatic rings. The second-order valence-corrected chi connectivity index (χ2v) is 8.85. The zero-order chi connectivity index (χ0) is 19.8. The topological polar surface area (TPSA) is 57.7 Å². The van der Waals surface area contributed by atoms with Crippen molar-refractivity contribution in [1.82, 2.24) is 4.90 Å². The SMILES string of the molecule is CC(C)c1ccc(N2C(=O)CC(N(C(=O)C3CC3)C3CCCCC3)C2=O)cc1. The number of benzene rings is 1. The third-order valence-electron chi connectivity index (χ3n) is 6.43. The molecule has 0 N–H and O–H groups in total. The molecule has 5 heteroatoms. The van der Waals surface area contributed by atoms with E-state index >= 15 is 0 Å². The Bertz CT molecular complexity index is 761. The number of anilines is 1. The summed E-state index contributed by atoms with van der Waals surface area (Å²) in [5.41, 5.74) is 1.79. The summed E-state index contributed by atoms with van der Waals surface area (Å²) in [5, 5.41) is 0. The summed E-state index contributed by atoms with van der Waals surface area (Å²) in [4.78, 5) is 42.2. The average molecular weight is 383 g/mol. The van der Waals surface area contributed by atoms with E-state index < -0.39 is 6.04 Å². The minimum atomic E-state index is -0.631. The minimum absolute atomic E-state index is 0.0594. The van der Waals surface area contributed by atoms with Crippen molar-refractivity contribution >= 4 is 23.4 Å². The Morgan fingerprint density at radius 3 is 2.21 bits per heavy atom. The van der Waals surface area contributed by atoms with Gasteiger partial charge in [-0.3, -0.25) is 14.4 Å². The lowest BCUT2D eigenvalue weighted by molar-refractivity contribution is -0.143. The van der Waals surface area contributed by atoms with Crippen molar-refractivity contribution in [2.45, 2.75) is 83.2 Å². The molecule has 1 unspecified atom stereocenters. The van der Waals surface area contributed by atoms with E-state index in [2.05, 4.69) is 13.8 Å². The Kier molecular flexibility index (Phi) is 5.26. The molecule has 2 saturated carbocycles. The molecule has 1 heterocycles. The van der Waals surface area contributed by atoms with Crippen LogP contribution in [-0.2, 0) is 14.4 Å². The second-order valence-electron chi connectivity index (χ2n) is 8.85. The lowest BCUT2D eigenvalue weighted by atomic mass is 9.92. The molecule has 1 saturated heterocycles. The van der Waals surface area contributed by atoms with Gasteiger partial charge in [-0.05, 0) is 49.3 Å². The summed E-state index contributed by atoms with van der Waals surface area (Å²) in [6.45, 7) is 4.23. The van der Waals surface area contributed by atoms with Gasteiger partial charge < -0.3 is 4.90 Å². The van der Waals surface area contributed by atoms with Gasteiger partial charge in [-0.15, -0.1) is 0 Å². The average Bonchev–Trinajstić information content (AvgIpc) is 3.50. The van der Waals surface area contributed by atoms with E-state index in [-0.39, 0.29) is 36.1 Å². The zero-order valence-electron chi connectivity index (χ0n) is 16.9. The summed E-state index contributed by atoms with van der Waals surface area (Å²) >= 11 is 0. The maximum Gasteiger partial charge on any atom is 0.257 e. The summed E-state index contributed by atoms with van der Waals surface area (Å²) in [7, 11) is 0. The summed E-state index contributed by atoms with van der Waals surface area (Å²) in [6.07, 6.45) is 7.20. The van der Waals surface area contributed by atoms with Gasteiger partial charge in [0, 0.05) is 12.0 Å². The Hall–Kier alpha value is -2.17. The first-order chi connectivity index (χ1) is 13.5. The molecule has 0 spiro atoms. The van der Waals surface area contributed by atoms with Crippen molar-refractivity contribution < 1.29 is 14.4 Å². The van der Waals surface area contributed by atoms with Crippen molar-refractivity contribution in [1.29, 1.82) is 0 Å². The molecule has 4 rings (SSSR count). The van der Waals surface area contributed by atoms with Crippen LogP contribution in [0.15, 0.2) is 24.3 Å². The number of nitrogens with zero attached hydrogens (tertiary/aromatic N) is 2. The molecule has 2 aliphatic carbocycles. The highest BCUT2D eigenvalue weighted by molar-refractivity contribution is 6.23. The first kappa shape index (κ1) is 19.2. The first-order valence-corrected chi connectivity index (χ1v) is 10.8. The second kappa shape index (κ2) is 7.69. The monoisotopic (exact) mass is 382 g/mol. The molecule has 1 aliphatic heterocycles. The predicted molar refractivity (Wildman–Crippen MR) is 108 cm³/mol. The fourth-order valence-electron chi connectivity index (χ4n) is 4.60. The van der Waals surface area contributed by atoms with Crippen molar-refractivity contribution in [3.8, 4) is 0 Å².